The van der Waals surface area contributed by atoms with Crippen LogP contribution in [-0.2, 0) is 4.79 Å². The lowest BCUT2D eigenvalue weighted by Gasteiger charge is -2.34. The molecule has 0 saturated heterocycles. The fourth-order valence-corrected chi connectivity index (χ4v) is 4.69. The van der Waals surface area contributed by atoms with Gasteiger partial charge in [0.1, 0.15) is 0 Å². The number of aryl methyl sites for hydroxylation is 1. The van der Waals surface area contributed by atoms with Crippen LogP contribution < -0.4 is 14.8 Å². The molecule has 31 heavy (non-hydrogen) atoms. The molecule has 0 radical (unpaired) electrons. The Labute approximate surface area is 180 Å². The monoisotopic (exact) mass is 417 g/mol. The van der Waals surface area contributed by atoms with E-state index in [0.717, 1.165) is 33.7 Å². The summed E-state index contributed by atoms with van der Waals surface area (Å²) in [5.41, 5.74) is 5.35. The molecular formula is C24H23N3O4. The third-order valence-electron chi connectivity index (χ3n) is 6.15. The van der Waals surface area contributed by atoms with E-state index in [9.17, 15) is 4.79 Å². The Morgan fingerprint density at radius 2 is 1.94 bits per heavy atom. The van der Waals surface area contributed by atoms with Crippen LogP contribution in [0.5, 0.6) is 11.5 Å². The zero-order chi connectivity index (χ0) is 21.5. The highest BCUT2D eigenvalue weighted by molar-refractivity contribution is 6.01. The number of nitrogens with one attached hydrogen (secondary N) is 1. The van der Waals surface area contributed by atoms with E-state index in [1.165, 1.54) is 0 Å². The molecule has 1 N–H and O–H groups in total. The highest BCUT2D eigenvalue weighted by Gasteiger charge is 2.41. The number of pyridine rings is 1. The summed E-state index contributed by atoms with van der Waals surface area (Å²) in [7, 11) is 3.23. The summed E-state index contributed by atoms with van der Waals surface area (Å²) < 4.78 is 16.4. The standard InChI is InChI=1S/C24H23N3O4/c1-13-21-22(15-5-4-8-25-12-15)23-17(26-24(21)31-27-13)9-16(10-18(23)28)14-6-7-19(29-2)20(11-14)30-3/h4-8,11-12,16,22,26H,9-10H2,1-3H3/t16-,22-/m1/s1. The van der Waals surface area contributed by atoms with Crippen LogP contribution in [0.15, 0.2) is 58.5 Å². The van der Waals surface area contributed by atoms with E-state index in [1.807, 2.05) is 43.5 Å². The van der Waals surface area contributed by atoms with Crippen molar-refractivity contribution in [3.05, 3.63) is 76.4 Å². The zero-order valence-corrected chi connectivity index (χ0v) is 17.6. The van der Waals surface area contributed by atoms with E-state index in [0.29, 0.717) is 30.2 Å². The lowest BCUT2D eigenvalue weighted by atomic mass is 9.72. The number of methoxy groups -OCH3 is 2. The van der Waals surface area contributed by atoms with E-state index < -0.39 is 0 Å². The summed E-state index contributed by atoms with van der Waals surface area (Å²) in [6, 6.07) is 9.72. The normalized spacial score (nSPS) is 20.0. The van der Waals surface area contributed by atoms with Crippen LogP contribution in [0.2, 0.25) is 0 Å². The van der Waals surface area contributed by atoms with Crippen molar-refractivity contribution in [2.45, 2.75) is 31.6 Å². The van der Waals surface area contributed by atoms with Gasteiger partial charge in [-0.05, 0) is 48.6 Å². The van der Waals surface area contributed by atoms with Gasteiger partial charge in [0.25, 0.3) is 0 Å². The van der Waals surface area contributed by atoms with E-state index in [1.54, 1.807) is 20.4 Å². The van der Waals surface area contributed by atoms with Crippen LogP contribution in [0.3, 0.4) is 0 Å². The number of fused-ring (bicyclic) bond motifs is 1. The van der Waals surface area contributed by atoms with Crippen molar-refractivity contribution in [2.24, 2.45) is 0 Å². The predicted octanol–water partition coefficient (Wildman–Crippen LogP) is 4.35. The first-order valence-corrected chi connectivity index (χ1v) is 10.2. The number of carbonyl (C=O) groups is 1. The highest BCUT2D eigenvalue weighted by Crippen LogP contribution is 2.49. The lowest BCUT2D eigenvalue weighted by Crippen LogP contribution is -2.29. The van der Waals surface area contributed by atoms with E-state index in [-0.39, 0.29) is 17.6 Å². The second-order valence-corrected chi connectivity index (χ2v) is 7.89. The van der Waals surface area contributed by atoms with Crippen molar-refractivity contribution in [3.63, 3.8) is 0 Å². The van der Waals surface area contributed by atoms with E-state index in [4.69, 9.17) is 14.0 Å². The summed E-state index contributed by atoms with van der Waals surface area (Å²) in [6.07, 6.45) is 4.65. The molecule has 3 aromatic rings. The maximum atomic E-state index is 13.5. The molecule has 1 aliphatic heterocycles. The average Bonchev–Trinajstić information content (AvgIpc) is 3.17. The van der Waals surface area contributed by atoms with Gasteiger partial charge >= 0.3 is 0 Å². The zero-order valence-electron chi connectivity index (χ0n) is 17.6. The molecule has 2 aliphatic rings. The number of Topliss-reactive ketones (excluding diaryl/α,β-unsaturated/α-hetero) is 1. The topological polar surface area (TPSA) is 86.5 Å². The maximum absolute atomic E-state index is 13.5. The largest absolute Gasteiger partial charge is 0.493 e. The lowest BCUT2D eigenvalue weighted by molar-refractivity contribution is -0.116. The number of aromatic nitrogens is 2. The smallest absolute Gasteiger partial charge is 0.233 e. The van der Waals surface area contributed by atoms with Crippen molar-refractivity contribution in [2.75, 3.05) is 19.5 Å². The van der Waals surface area contributed by atoms with Crippen molar-refractivity contribution in [1.82, 2.24) is 10.1 Å². The Morgan fingerprint density at radius 3 is 2.68 bits per heavy atom. The quantitative estimate of drug-likeness (QED) is 0.675. The van der Waals surface area contributed by atoms with Crippen LogP contribution in [0.25, 0.3) is 0 Å². The molecule has 158 valence electrons. The Kier molecular flexibility index (Phi) is 4.73. The summed E-state index contributed by atoms with van der Waals surface area (Å²) in [4.78, 5) is 17.8. The van der Waals surface area contributed by atoms with Crippen molar-refractivity contribution in [3.8, 4) is 11.5 Å². The van der Waals surface area contributed by atoms with E-state index in [2.05, 4.69) is 15.5 Å². The average molecular weight is 417 g/mol. The number of rotatable bonds is 4. The van der Waals surface area contributed by atoms with Crippen LogP contribution in [0.1, 0.15) is 47.1 Å². The van der Waals surface area contributed by atoms with E-state index >= 15 is 0 Å². The molecular weight excluding hydrogens is 394 g/mol. The van der Waals surface area contributed by atoms with Gasteiger partial charge in [-0.15, -0.1) is 0 Å². The Bertz CT molecular complexity index is 1180. The molecule has 0 fully saturated rings. The number of hydrogen-bond donors (Lipinski definition) is 1. The predicted molar refractivity (Wildman–Crippen MR) is 114 cm³/mol. The van der Waals surface area contributed by atoms with Crippen LogP contribution in [-0.4, -0.2) is 30.1 Å². The van der Waals surface area contributed by atoms with Gasteiger partial charge < -0.3 is 19.3 Å². The van der Waals surface area contributed by atoms with Crippen molar-refractivity contribution >= 4 is 11.7 Å². The molecule has 0 spiro atoms. The van der Waals surface area contributed by atoms with Gasteiger partial charge in [-0.25, -0.2) is 0 Å². The van der Waals surface area contributed by atoms with Gasteiger partial charge in [-0.3, -0.25) is 9.78 Å². The molecule has 3 heterocycles. The van der Waals surface area contributed by atoms with Gasteiger partial charge in [-0.1, -0.05) is 17.3 Å². The molecule has 0 bridgehead atoms. The number of ether oxygens (including phenoxy) is 2. The maximum Gasteiger partial charge on any atom is 0.233 e. The minimum atomic E-state index is -0.231. The molecule has 5 rings (SSSR count). The second-order valence-electron chi connectivity index (χ2n) is 7.89. The first-order chi connectivity index (χ1) is 15.1. The van der Waals surface area contributed by atoms with Crippen LogP contribution in [0.4, 0.5) is 5.88 Å². The van der Waals surface area contributed by atoms with Crippen LogP contribution in [0, 0.1) is 6.92 Å². The molecule has 0 unspecified atom stereocenters. The minimum absolute atomic E-state index is 0.0265. The molecule has 0 saturated carbocycles. The highest BCUT2D eigenvalue weighted by atomic mass is 16.5. The number of anilines is 1. The molecule has 7 heteroatoms. The van der Waals surface area contributed by atoms with Crippen molar-refractivity contribution in [1.29, 1.82) is 0 Å². The molecule has 7 nitrogen and oxygen atoms in total. The first kappa shape index (κ1) is 19.4. The fraction of sp³-hybridized carbons (Fsp3) is 0.292. The Balaban J connectivity index is 1.57. The SMILES string of the molecule is COc1ccc([C@H]2CC(=O)C3=C(C2)Nc2onc(C)c2[C@H]3c2cccnc2)cc1OC. The Hall–Kier alpha value is -3.61. The second kappa shape index (κ2) is 7.58. The Morgan fingerprint density at radius 1 is 1.10 bits per heavy atom. The number of ketones is 1. The first-order valence-electron chi connectivity index (χ1n) is 10.2. The van der Waals surface area contributed by atoms with Gasteiger partial charge in [0.15, 0.2) is 17.3 Å². The van der Waals surface area contributed by atoms with Crippen LogP contribution >= 0.6 is 0 Å². The van der Waals surface area contributed by atoms with Gasteiger partial charge in [0, 0.05) is 36.0 Å². The number of carbonyl (C=O) groups excluding carboxylic acids is 1. The number of benzene rings is 1. The molecule has 0 amide bonds. The summed E-state index contributed by atoms with van der Waals surface area (Å²) in [6.45, 7) is 1.90. The van der Waals surface area contributed by atoms with Gasteiger partial charge in [-0.2, -0.15) is 0 Å². The molecule has 1 aliphatic carbocycles. The molecule has 2 atom stereocenters. The minimum Gasteiger partial charge on any atom is -0.493 e. The van der Waals surface area contributed by atoms with Gasteiger partial charge in [0.2, 0.25) is 5.88 Å². The number of nitrogens with zero attached hydrogens (tertiary/aromatic N) is 2. The third-order valence-corrected chi connectivity index (χ3v) is 6.15. The summed E-state index contributed by atoms with van der Waals surface area (Å²) >= 11 is 0. The number of allylic oxidation sites excluding steroid dienone is 2. The summed E-state index contributed by atoms with van der Waals surface area (Å²) in [5, 5.41) is 7.50. The fourth-order valence-electron chi connectivity index (χ4n) is 4.69. The van der Waals surface area contributed by atoms with Crippen molar-refractivity contribution < 1.29 is 18.8 Å². The molecule has 1 aromatic carbocycles. The number of hydrogen-bond acceptors (Lipinski definition) is 7. The van der Waals surface area contributed by atoms with Gasteiger partial charge in [0.05, 0.1) is 25.5 Å². The summed E-state index contributed by atoms with van der Waals surface area (Å²) in [5.74, 6) is 1.84. The molecule has 2 aromatic heterocycles. The third kappa shape index (κ3) is 3.17.